The minimum absolute atomic E-state index is 0. The minimum Gasteiger partial charge on any atom is -0.813 e. The first kappa shape index (κ1) is 13.7. The molecule has 0 aliphatic rings. The summed E-state index contributed by atoms with van der Waals surface area (Å²) in [6.45, 7) is 4.58. The van der Waals surface area contributed by atoms with E-state index in [4.69, 9.17) is 0 Å². The summed E-state index contributed by atoms with van der Waals surface area (Å²) >= 11 is 0.149. The predicted octanol–water partition coefficient (Wildman–Crippen LogP) is 2.86. The summed E-state index contributed by atoms with van der Waals surface area (Å²) < 4.78 is 3.25. The van der Waals surface area contributed by atoms with Gasteiger partial charge in [0.05, 0.1) is 0 Å². The SMILES string of the molecule is CCC[CH2][Sn+][CH2]CCC.[SH-]. The van der Waals surface area contributed by atoms with E-state index in [1.165, 1.54) is 25.7 Å². The van der Waals surface area contributed by atoms with Crippen molar-refractivity contribution >= 4 is 34.6 Å². The molecule has 0 fully saturated rings. The predicted molar refractivity (Wildman–Crippen MR) is 53.9 cm³/mol. The molecule has 0 heterocycles. The molecule has 0 aliphatic carbocycles. The number of hydrogen-bond donors (Lipinski definition) is 0. The number of thiol groups is 1. The molecule has 61 valence electrons. The third kappa shape index (κ3) is 11.9. The van der Waals surface area contributed by atoms with E-state index < -0.39 is 0 Å². The average molecular weight is 266 g/mol. The summed E-state index contributed by atoms with van der Waals surface area (Å²) in [4.78, 5) is 0. The fraction of sp³-hybridized carbons (Fsp3) is 1.00. The van der Waals surface area contributed by atoms with E-state index in [0.717, 1.165) is 0 Å². The first-order valence-electron chi connectivity index (χ1n) is 4.12. The van der Waals surface area contributed by atoms with Crippen LogP contribution in [0, 0.1) is 0 Å². The van der Waals surface area contributed by atoms with Gasteiger partial charge in [-0.15, -0.1) is 0 Å². The van der Waals surface area contributed by atoms with Crippen LogP contribution in [-0.2, 0) is 13.5 Å². The zero-order valence-corrected chi connectivity index (χ0v) is 10.9. The molecular formula is C8H19SSn. The second-order valence-electron chi connectivity index (χ2n) is 2.46. The van der Waals surface area contributed by atoms with Crippen LogP contribution in [0.2, 0.25) is 8.87 Å². The number of unbranched alkanes of at least 4 members (excludes halogenated alkanes) is 2. The Kier molecular flexibility index (Phi) is 17.6. The minimum atomic E-state index is 0. The molecule has 0 saturated heterocycles. The molecule has 0 aromatic carbocycles. The maximum Gasteiger partial charge on any atom is -0.813 e. The van der Waals surface area contributed by atoms with Gasteiger partial charge in [0.1, 0.15) is 0 Å². The Morgan fingerprint density at radius 3 is 1.60 bits per heavy atom. The summed E-state index contributed by atoms with van der Waals surface area (Å²) in [6.07, 6.45) is 5.84. The van der Waals surface area contributed by atoms with Crippen LogP contribution in [0.1, 0.15) is 39.5 Å². The van der Waals surface area contributed by atoms with Crippen molar-refractivity contribution in [3.8, 4) is 0 Å². The molecule has 0 aromatic rings. The first-order chi connectivity index (χ1) is 4.41. The van der Waals surface area contributed by atoms with E-state index in [9.17, 15) is 0 Å². The molecule has 0 unspecified atom stereocenters. The van der Waals surface area contributed by atoms with Gasteiger partial charge in [0.25, 0.3) is 0 Å². The first-order valence-corrected chi connectivity index (χ1v) is 8.16. The second-order valence-corrected chi connectivity index (χ2v) is 6.74. The van der Waals surface area contributed by atoms with Crippen molar-refractivity contribution in [1.29, 1.82) is 0 Å². The summed E-state index contributed by atoms with van der Waals surface area (Å²) in [5.74, 6) is 0. The summed E-state index contributed by atoms with van der Waals surface area (Å²) in [5.41, 5.74) is 0. The Hall–Kier alpha value is 1.15. The largest absolute Gasteiger partial charge is 0.813 e. The van der Waals surface area contributed by atoms with Crippen LogP contribution in [0.5, 0.6) is 0 Å². The van der Waals surface area contributed by atoms with Gasteiger partial charge in [0.15, 0.2) is 0 Å². The molecule has 10 heavy (non-hydrogen) atoms. The zero-order valence-electron chi connectivity index (χ0n) is 7.19. The van der Waals surface area contributed by atoms with E-state index in [1.54, 1.807) is 8.87 Å². The van der Waals surface area contributed by atoms with E-state index >= 15 is 0 Å². The van der Waals surface area contributed by atoms with Crippen LogP contribution < -0.4 is 0 Å². The van der Waals surface area contributed by atoms with Crippen molar-refractivity contribution < 1.29 is 0 Å². The molecule has 0 rings (SSSR count). The molecule has 0 saturated carbocycles. The van der Waals surface area contributed by atoms with Gasteiger partial charge >= 0.3 is 69.5 Å². The zero-order chi connectivity index (χ0) is 6.95. The van der Waals surface area contributed by atoms with Crippen molar-refractivity contribution in [2.75, 3.05) is 0 Å². The molecule has 0 bridgehead atoms. The molecule has 0 atom stereocenters. The maximum atomic E-state index is 2.29. The third-order valence-electron chi connectivity index (χ3n) is 1.41. The van der Waals surface area contributed by atoms with Crippen molar-refractivity contribution in [3.63, 3.8) is 0 Å². The molecule has 0 nitrogen and oxygen atoms in total. The fourth-order valence-electron chi connectivity index (χ4n) is 0.729. The Morgan fingerprint density at radius 1 is 0.900 bits per heavy atom. The monoisotopic (exact) mass is 267 g/mol. The Morgan fingerprint density at radius 2 is 1.30 bits per heavy atom. The fourth-order valence-corrected chi connectivity index (χ4v) is 4.89. The molecule has 0 aliphatic heterocycles. The molecule has 0 aromatic heterocycles. The molecule has 0 spiro atoms. The van der Waals surface area contributed by atoms with Gasteiger partial charge in [0.2, 0.25) is 0 Å². The molecular weight excluding hydrogens is 247 g/mol. The van der Waals surface area contributed by atoms with Crippen molar-refractivity contribution in [3.05, 3.63) is 0 Å². The van der Waals surface area contributed by atoms with Gasteiger partial charge in [-0.1, -0.05) is 0 Å². The van der Waals surface area contributed by atoms with E-state index in [-0.39, 0.29) is 34.6 Å². The number of hydrogen-bond acceptors (Lipinski definition) is 1. The van der Waals surface area contributed by atoms with Crippen LogP contribution in [-0.4, -0.2) is 21.1 Å². The van der Waals surface area contributed by atoms with Crippen LogP contribution in [0.3, 0.4) is 0 Å². The van der Waals surface area contributed by atoms with E-state index in [2.05, 4.69) is 13.8 Å². The number of rotatable bonds is 6. The van der Waals surface area contributed by atoms with Gasteiger partial charge in [0, 0.05) is 0 Å². The molecule has 1 radical (unpaired) electrons. The van der Waals surface area contributed by atoms with Crippen molar-refractivity contribution in [2.24, 2.45) is 0 Å². The third-order valence-corrected chi connectivity index (χ3v) is 5.45. The van der Waals surface area contributed by atoms with Gasteiger partial charge in [-0.2, -0.15) is 0 Å². The van der Waals surface area contributed by atoms with Gasteiger partial charge in [-0.25, -0.2) is 0 Å². The second kappa shape index (κ2) is 12.8. The Labute approximate surface area is 82.8 Å². The van der Waals surface area contributed by atoms with Crippen LogP contribution in [0.25, 0.3) is 0 Å². The van der Waals surface area contributed by atoms with E-state index in [0.29, 0.717) is 0 Å². The van der Waals surface area contributed by atoms with E-state index in [1.807, 2.05) is 0 Å². The van der Waals surface area contributed by atoms with Gasteiger partial charge in [-0.05, 0) is 0 Å². The van der Waals surface area contributed by atoms with Gasteiger partial charge < -0.3 is 13.5 Å². The quantitative estimate of drug-likeness (QED) is 0.308. The Bertz CT molecular complexity index is 42.5. The van der Waals surface area contributed by atoms with Crippen molar-refractivity contribution in [2.45, 2.75) is 48.4 Å². The Balaban J connectivity index is 0. The maximum absolute atomic E-state index is 2.29. The normalized spacial score (nSPS) is 8.60. The molecule has 0 amide bonds. The van der Waals surface area contributed by atoms with Crippen molar-refractivity contribution in [1.82, 2.24) is 0 Å². The van der Waals surface area contributed by atoms with Crippen LogP contribution in [0.4, 0.5) is 0 Å². The smallest absolute Gasteiger partial charge is 0.813 e. The summed E-state index contributed by atoms with van der Waals surface area (Å²) in [6, 6.07) is 0. The topological polar surface area (TPSA) is 0 Å². The standard InChI is InChI=1S/2C4H9.H2S.Sn/c2*1-3-4-2;;/h2*1,3-4H2,2H3;1H2;/q;;;+1/p-1. The average Bonchev–Trinajstić information content (AvgIpc) is 1.89. The van der Waals surface area contributed by atoms with Gasteiger partial charge in [-0.3, -0.25) is 0 Å². The summed E-state index contributed by atoms with van der Waals surface area (Å²) in [5, 5.41) is 0. The molecule has 2 heteroatoms. The summed E-state index contributed by atoms with van der Waals surface area (Å²) in [7, 11) is 0. The van der Waals surface area contributed by atoms with Crippen LogP contribution in [0.15, 0.2) is 0 Å². The van der Waals surface area contributed by atoms with Crippen LogP contribution >= 0.6 is 0 Å². The molecule has 0 N–H and O–H groups in total.